The molecule has 0 saturated carbocycles. The van der Waals surface area contributed by atoms with Crippen LogP contribution in [0, 0.1) is 0 Å². The molecule has 104 valence electrons. The number of benzene rings is 2. The summed E-state index contributed by atoms with van der Waals surface area (Å²) < 4.78 is 0. The van der Waals surface area contributed by atoms with Crippen molar-refractivity contribution in [2.24, 2.45) is 4.99 Å². The summed E-state index contributed by atoms with van der Waals surface area (Å²) in [5.74, 6) is 0. The minimum absolute atomic E-state index is 0.965. The quantitative estimate of drug-likeness (QED) is 0.733. The van der Waals surface area contributed by atoms with Crippen LogP contribution in [0.4, 0.5) is 22.7 Å². The molecule has 1 heterocycles. The van der Waals surface area contributed by atoms with Gasteiger partial charge >= 0.3 is 0 Å². The molecule has 0 saturated heterocycles. The van der Waals surface area contributed by atoms with E-state index >= 15 is 0 Å². The molecule has 0 amide bonds. The van der Waals surface area contributed by atoms with E-state index in [9.17, 15) is 0 Å². The molecule has 0 radical (unpaired) electrons. The first-order chi connectivity index (χ1) is 9.63. The molecule has 0 bridgehead atoms. The SMILES string of the molecule is C=c1ccc2c(c1)Nc1cc(N(C)C)ccc1N=2.CC. The highest BCUT2D eigenvalue weighted by atomic mass is 15.1. The number of nitrogens with one attached hydrogen (secondary N) is 1. The zero-order valence-corrected chi connectivity index (χ0v) is 12.6. The van der Waals surface area contributed by atoms with E-state index in [2.05, 4.69) is 33.9 Å². The lowest BCUT2D eigenvalue weighted by Crippen LogP contribution is -2.16. The molecule has 0 aliphatic carbocycles. The molecule has 0 fully saturated rings. The van der Waals surface area contributed by atoms with Crippen LogP contribution in [-0.4, -0.2) is 14.1 Å². The maximum absolute atomic E-state index is 4.64. The number of hydrogen-bond acceptors (Lipinski definition) is 3. The smallest absolute Gasteiger partial charge is 0.0874 e. The molecular formula is C17H21N3. The summed E-state index contributed by atoms with van der Waals surface area (Å²) in [5.41, 5.74) is 4.20. The van der Waals surface area contributed by atoms with Crippen LogP contribution in [0.1, 0.15) is 13.8 Å². The molecule has 3 rings (SSSR count). The van der Waals surface area contributed by atoms with Crippen molar-refractivity contribution in [3.63, 3.8) is 0 Å². The lowest BCUT2D eigenvalue weighted by molar-refractivity contribution is 1.13. The Labute approximate surface area is 120 Å². The fourth-order valence-corrected chi connectivity index (χ4v) is 2.06. The first kappa shape index (κ1) is 14.1. The van der Waals surface area contributed by atoms with Crippen LogP contribution < -0.4 is 20.8 Å². The maximum Gasteiger partial charge on any atom is 0.0874 e. The lowest BCUT2D eigenvalue weighted by atomic mass is 10.1. The van der Waals surface area contributed by atoms with E-state index in [-0.39, 0.29) is 0 Å². The van der Waals surface area contributed by atoms with Gasteiger partial charge in [0.15, 0.2) is 0 Å². The first-order valence-electron chi connectivity index (χ1n) is 6.89. The topological polar surface area (TPSA) is 27.6 Å². The largest absolute Gasteiger partial charge is 0.378 e. The van der Waals surface area contributed by atoms with Crippen molar-refractivity contribution in [1.82, 2.24) is 0 Å². The van der Waals surface area contributed by atoms with Gasteiger partial charge in [-0.15, -0.1) is 0 Å². The van der Waals surface area contributed by atoms with E-state index < -0.39 is 0 Å². The monoisotopic (exact) mass is 267 g/mol. The van der Waals surface area contributed by atoms with Crippen LogP contribution in [-0.2, 0) is 0 Å². The van der Waals surface area contributed by atoms with E-state index in [0.717, 1.165) is 33.3 Å². The van der Waals surface area contributed by atoms with Gasteiger partial charge in [-0.1, -0.05) is 26.5 Å². The second kappa shape index (κ2) is 5.78. The summed E-state index contributed by atoms with van der Waals surface area (Å²) in [7, 11) is 4.06. The van der Waals surface area contributed by atoms with Crippen LogP contribution in [0.25, 0.3) is 6.58 Å². The Morgan fingerprint density at radius 2 is 1.75 bits per heavy atom. The highest BCUT2D eigenvalue weighted by Crippen LogP contribution is 2.32. The summed E-state index contributed by atoms with van der Waals surface area (Å²) in [6, 6.07) is 12.2. The van der Waals surface area contributed by atoms with Crippen LogP contribution >= 0.6 is 0 Å². The normalized spacial score (nSPS) is 11.0. The lowest BCUT2D eigenvalue weighted by Gasteiger charge is -2.19. The zero-order valence-electron chi connectivity index (χ0n) is 12.6. The summed E-state index contributed by atoms with van der Waals surface area (Å²) >= 11 is 0. The molecule has 0 aromatic heterocycles. The van der Waals surface area contributed by atoms with Crippen LogP contribution in [0.15, 0.2) is 41.4 Å². The number of rotatable bonds is 1. The van der Waals surface area contributed by atoms with Gasteiger partial charge in [-0.25, -0.2) is 4.99 Å². The standard InChI is InChI=1S/C15H15N3.C2H6/c1-10-4-6-12-14(8-10)17-15-9-11(18(2)3)5-7-13(15)16-12;1-2/h4-9,17H,1H2,2-3H3;1-2H3. The molecule has 2 aromatic rings. The molecular weight excluding hydrogens is 246 g/mol. The van der Waals surface area contributed by atoms with Crippen molar-refractivity contribution in [3.05, 3.63) is 47.0 Å². The molecule has 20 heavy (non-hydrogen) atoms. The Balaban J connectivity index is 0.000000704. The third-order valence-corrected chi connectivity index (χ3v) is 3.07. The molecule has 2 aromatic carbocycles. The van der Waals surface area contributed by atoms with Crippen LogP contribution in [0.3, 0.4) is 0 Å². The average molecular weight is 267 g/mol. The second-order valence-corrected chi connectivity index (χ2v) is 4.68. The molecule has 1 aliphatic rings. The van der Waals surface area contributed by atoms with Crippen molar-refractivity contribution in [2.45, 2.75) is 13.8 Å². The van der Waals surface area contributed by atoms with Gasteiger partial charge in [-0.3, -0.25) is 0 Å². The Bertz CT molecular complexity index is 718. The zero-order chi connectivity index (χ0) is 14.7. The van der Waals surface area contributed by atoms with Gasteiger partial charge in [-0.2, -0.15) is 0 Å². The molecule has 0 atom stereocenters. The Morgan fingerprint density at radius 3 is 2.45 bits per heavy atom. The van der Waals surface area contributed by atoms with Gasteiger partial charge in [0.05, 0.1) is 22.4 Å². The van der Waals surface area contributed by atoms with Gasteiger partial charge in [-0.05, 0) is 35.6 Å². The van der Waals surface area contributed by atoms with E-state index in [1.165, 1.54) is 0 Å². The van der Waals surface area contributed by atoms with E-state index in [1.807, 2.05) is 52.2 Å². The van der Waals surface area contributed by atoms with Crippen molar-refractivity contribution in [2.75, 3.05) is 24.3 Å². The maximum atomic E-state index is 4.64. The molecule has 0 unspecified atom stereocenters. The van der Waals surface area contributed by atoms with Gasteiger partial charge in [0.25, 0.3) is 0 Å². The number of hydrogen-bond donors (Lipinski definition) is 1. The minimum atomic E-state index is 0.965. The minimum Gasteiger partial charge on any atom is -0.378 e. The number of anilines is 3. The second-order valence-electron chi connectivity index (χ2n) is 4.68. The van der Waals surface area contributed by atoms with E-state index in [0.29, 0.717) is 0 Å². The Hall–Kier alpha value is -2.29. The molecule has 1 aliphatic heterocycles. The fraction of sp³-hybridized carbons (Fsp3) is 0.235. The summed E-state index contributed by atoms with van der Waals surface area (Å²) in [5, 5.41) is 5.37. The third kappa shape index (κ3) is 2.67. The predicted octanol–water partition coefficient (Wildman–Crippen LogP) is 3.20. The Kier molecular flexibility index (Phi) is 4.08. The van der Waals surface area contributed by atoms with Crippen molar-refractivity contribution >= 4 is 29.3 Å². The van der Waals surface area contributed by atoms with E-state index in [4.69, 9.17) is 0 Å². The van der Waals surface area contributed by atoms with Gasteiger partial charge < -0.3 is 10.2 Å². The van der Waals surface area contributed by atoms with Crippen molar-refractivity contribution in [1.29, 1.82) is 0 Å². The van der Waals surface area contributed by atoms with Crippen LogP contribution in [0.5, 0.6) is 0 Å². The fourth-order valence-electron chi connectivity index (χ4n) is 2.06. The number of nitrogens with zero attached hydrogens (tertiary/aromatic N) is 2. The van der Waals surface area contributed by atoms with Crippen molar-refractivity contribution < 1.29 is 0 Å². The molecule has 3 heteroatoms. The van der Waals surface area contributed by atoms with E-state index in [1.54, 1.807) is 0 Å². The molecule has 1 N–H and O–H groups in total. The van der Waals surface area contributed by atoms with Crippen LogP contribution in [0.2, 0.25) is 0 Å². The highest BCUT2D eigenvalue weighted by molar-refractivity contribution is 5.78. The summed E-state index contributed by atoms with van der Waals surface area (Å²) in [6.45, 7) is 7.94. The molecule has 0 spiro atoms. The van der Waals surface area contributed by atoms with Gasteiger partial charge in [0, 0.05) is 19.8 Å². The molecule has 3 nitrogen and oxygen atoms in total. The Morgan fingerprint density at radius 1 is 1.00 bits per heavy atom. The third-order valence-electron chi connectivity index (χ3n) is 3.07. The summed E-state index contributed by atoms with van der Waals surface area (Å²) in [4.78, 5) is 6.72. The summed E-state index contributed by atoms with van der Waals surface area (Å²) in [6.07, 6.45) is 0. The van der Waals surface area contributed by atoms with Gasteiger partial charge in [0.1, 0.15) is 0 Å². The first-order valence-corrected chi connectivity index (χ1v) is 6.89. The highest BCUT2D eigenvalue weighted by Gasteiger charge is 2.10. The predicted molar refractivity (Wildman–Crippen MR) is 87.8 cm³/mol. The van der Waals surface area contributed by atoms with Crippen molar-refractivity contribution in [3.8, 4) is 0 Å². The average Bonchev–Trinajstić information content (AvgIpc) is 2.46. The number of fused-ring (bicyclic) bond motifs is 2. The van der Waals surface area contributed by atoms with Gasteiger partial charge in [0.2, 0.25) is 0 Å².